The lowest BCUT2D eigenvalue weighted by Crippen LogP contribution is -2.20. The lowest BCUT2D eigenvalue weighted by Gasteiger charge is -2.22. The SMILES string of the molecule is Cc1occc1C(O)C(CN)c1ccc(F)cc1Cl. The van der Waals surface area contributed by atoms with Gasteiger partial charge in [-0.05, 0) is 30.7 Å². The molecule has 0 aliphatic carbocycles. The van der Waals surface area contributed by atoms with E-state index in [2.05, 4.69) is 0 Å². The molecular weight excluding hydrogens is 269 g/mol. The van der Waals surface area contributed by atoms with Gasteiger partial charge in [-0.3, -0.25) is 0 Å². The molecule has 0 amide bonds. The Balaban J connectivity index is 2.37. The second-order valence-electron chi connectivity index (χ2n) is 4.38. The fraction of sp³-hybridized carbons (Fsp3) is 0.286. The van der Waals surface area contributed by atoms with Gasteiger partial charge in [0.1, 0.15) is 11.6 Å². The van der Waals surface area contributed by atoms with E-state index in [1.165, 1.54) is 18.4 Å². The molecule has 2 aromatic rings. The molecule has 0 spiro atoms. The van der Waals surface area contributed by atoms with Crippen LogP contribution in [-0.2, 0) is 0 Å². The lowest BCUT2D eigenvalue weighted by molar-refractivity contribution is 0.145. The Bertz CT molecular complexity index is 570. The van der Waals surface area contributed by atoms with Crippen LogP contribution in [-0.4, -0.2) is 11.7 Å². The highest BCUT2D eigenvalue weighted by Crippen LogP contribution is 2.35. The second-order valence-corrected chi connectivity index (χ2v) is 4.79. The summed E-state index contributed by atoms with van der Waals surface area (Å²) in [7, 11) is 0. The van der Waals surface area contributed by atoms with E-state index in [0.29, 0.717) is 16.9 Å². The standard InChI is InChI=1S/C14H15ClFNO2/c1-8-10(4-5-19-8)14(18)12(7-17)11-3-2-9(16)6-13(11)15/h2-6,12,14,18H,7,17H2,1H3. The van der Waals surface area contributed by atoms with Crippen LogP contribution in [0.4, 0.5) is 4.39 Å². The number of hydrogen-bond donors (Lipinski definition) is 2. The number of halogens is 2. The lowest BCUT2D eigenvalue weighted by atomic mass is 9.89. The average Bonchev–Trinajstić information content (AvgIpc) is 2.78. The monoisotopic (exact) mass is 283 g/mol. The first-order valence-electron chi connectivity index (χ1n) is 5.91. The Morgan fingerprint density at radius 1 is 1.37 bits per heavy atom. The highest BCUT2D eigenvalue weighted by molar-refractivity contribution is 6.31. The van der Waals surface area contributed by atoms with Crippen molar-refractivity contribution in [3.63, 3.8) is 0 Å². The van der Waals surface area contributed by atoms with Crippen molar-refractivity contribution in [2.75, 3.05) is 6.54 Å². The third-order valence-electron chi connectivity index (χ3n) is 3.21. The van der Waals surface area contributed by atoms with Crippen LogP contribution >= 0.6 is 11.6 Å². The molecule has 1 heterocycles. The second kappa shape index (κ2) is 5.74. The van der Waals surface area contributed by atoms with E-state index >= 15 is 0 Å². The topological polar surface area (TPSA) is 59.4 Å². The van der Waals surface area contributed by atoms with Crippen LogP contribution in [0, 0.1) is 12.7 Å². The van der Waals surface area contributed by atoms with Gasteiger partial charge >= 0.3 is 0 Å². The largest absolute Gasteiger partial charge is 0.469 e. The van der Waals surface area contributed by atoms with E-state index in [1.807, 2.05) is 0 Å². The Kier molecular flexibility index (Phi) is 4.24. The van der Waals surface area contributed by atoms with E-state index in [0.717, 1.165) is 0 Å². The number of aliphatic hydroxyl groups excluding tert-OH is 1. The van der Waals surface area contributed by atoms with Gasteiger partial charge in [0.2, 0.25) is 0 Å². The van der Waals surface area contributed by atoms with E-state index < -0.39 is 17.8 Å². The first-order chi connectivity index (χ1) is 9.04. The molecule has 0 saturated heterocycles. The van der Waals surface area contributed by atoms with Crippen LogP contribution < -0.4 is 5.73 Å². The predicted molar refractivity (Wildman–Crippen MR) is 71.6 cm³/mol. The van der Waals surface area contributed by atoms with Crippen molar-refractivity contribution in [2.45, 2.75) is 18.9 Å². The zero-order valence-electron chi connectivity index (χ0n) is 10.4. The van der Waals surface area contributed by atoms with Crippen LogP contribution in [0.5, 0.6) is 0 Å². The van der Waals surface area contributed by atoms with Crippen molar-refractivity contribution < 1.29 is 13.9 Å². The van der Waals surface area contributed by atoms with E-state index in [1.54, 1.807) is 19.1 Å². The molecule has 0 radical (unpaired) electrons. The van der Waals surface area contributed by atoms with Gasteiger partial charge < -0.3 is 15.3 Å². The Morgan fingerprint density at radius 2 is 2.11 bits per heavy atom. The maximum Gasteiger partial charge on any atom is 0.124 e. The molecule has 1 aromatic heterocycles. The van der Waals surface area contributed by atoms with Gasteiger partial charge in [-0.1, -0.05) is 17.7 Å². The van der Waals surface area contributed by atoms with Crippen LogP contribution in [0.3, 0.4) is 0 Å². The molecule has 5 heteroatoms. The minimum Gasteiger partial charge on any atom is -0.469 e. The minimum absolute atomic E-state index is 0.192. The predicted octanol–water partition coefficient (Wildman–Crippen LogP) is 3.16. The van der Waals surface area contributed by atoms with Gasteiger partial charge in [0.15, 0.2) is 0 Å². The normalized spacial score (nSPS) is 14.4. The molecule has 0 fully saturated rings. The van der Waals surface area contributed by atoms with Crippen molar-refractivity contribution in [2.24, 2.45) is 5.73 Å². The van der Waals surface area contributed by atoms with E-state index in [-0.39, 0.29) is 11.6 Å². The summed E-state index contributed by atoms with van der Waals surface area (Å²) in [5, 5.41) is 10.7. The van der Waals surface area contributed by atoms with Crippen molar-refractivity contribution in [3.8, 4) is 0 Å². The maximum absolute atomic E-state index is 13.1. The summed E-state index contributed by atoms with van der Waals surface area (Å²) in [5.74, 6) is -0.202. The Morgan fingerprint density at radius 3 is 2.63 bits per heavy atom. The van der Waals surface area contributed by atoms with Crippen LogP contribution in [0.15, 0.2) is 34.9 Å². The molecule has 3 N–H and O–H groups in total. The highest BCUT2D eigenvalue weighted by Gasteiger charge is 2.26. The molecule has 2 rings (SSSR count). The summed E-state index contributed by atoms with van der Waals surface area (Å²) in [6.07, 6.45) is 0.667. The van der Waals surface area contributed by atoms with Crippen molar-refractivity contribution in [3.05, 3.63) is 58.3 Å². The summed E-state index contributed by atoms with van der Waals surface area (Å²) in [6, 6.07) is 5.77. The summed E-state index contributed by atoms with van der Waals surface area (Å²) in [5.41, 5.74) is 7.01. The zero-order valence-corrected chi connectivity index (χ0v) is 11.2. The third kappa shape index (κ3) is 2.81. The summed E-state index contributed by atoms with van der Waals surface area (Å²) in [4.78, 5) is 0. The maximum atomic E-state index is 13.1. The van der Waals surface area contributed by atoms with Gasteiger partial charge in [-0.15, -0.1) is 0 Å². The van der Waals surface area contributed by atoms with E-state index in [9.17, 15) is 9.50 Å². The molecule has 3 nitrogen and oxygen atoms in total. The fourth-order valence-corrected chi connectivity index (χ4v) is 2.45. The number of rotatable bonds is 4. The first kappa shape index (κ1) is 14.1. The van der Waals surface area contributed by atoms with Crippen LogP contribution in [0.2, 0.25) is 5.02 Å². The molecule has 2 atom stereocenters. The van der Waals surface area contributed by atoms with Gasteiger partial charge in [-0.2, -0.15) is 0 Å². The molecule has 0 aliphatic rings. The van der Waals surface area contributed by atoms with Crippen LogP contribution in [0.1, 0.15) is 28.9 Å². The van der Waals surface area contributed by atoms with Crippen molar-refractivity contribution >= 4 is 11.6 Å². The molecule has 1 aromatic carbocycles. The molecule has 2 unspecified atom stereocenters. The number of hydrogen-bond acceptors (Lipinski definition) is 3. The number of aryl methyl sites for hydroxylation is 1. The quantitative estimate of drug-likeness (QED) is 0.906. The van der Waals surface area contributed by atoms with Gasteiger partial charge in [0.25, 0.3) is 0 Å². The van der Waals surface area contributed by atoms with Crippen LogP contribution in [0.25, 0.3) is 0 Å². The van der Waals surface area contributed by atoms with Gasteiger partial charge in [0.05, 0.1) is 12.4 Å². The van der Waals surface area contributed by atoms with Gasteiger partial charge in [-0.25, -0.2) is 4.39 Å². The fourth-order valence-electron chi connectivity index (χ4n) is 2.15. The minimum atomic E-state index is -0.841. The Labute approximate surface area is 115 Å². The summed E-state index contributed by atoms with van der Waals surface area (Å²) < 4.78 is 18.2. The molecule has 0 bridgehead atoms. The van der Waals surface area contributed by atoms with Crippen molar-refractivity contribution in [1.82, 2.24) is 0 Å². The molecular formula is C14H15ClFNO2. The molecule has 0 saturated carbocycles. The summed E-state index contributed by atoms with van der Waals surface area (Å²) >= 11 is 6.02. The zero-order chi connectivity index (χ0) is 14.0. The van der Waals surface area contributed by atoms with Crippen molar-refractivity contribution in [1.29, 1.82) is 0 Å². The molecule has 0 aliphatic heterocycles. The number of benzene rings is 1. The molecule has 19 heavy (non-hydrogen) atoms. The number of furan rings is 1. The number of aliphatic hydroxyl groups is 1. The smallest absolute Gasteiger partial charge is 0.124 e. The highest BCUT2D eigenvalue weighted by atomic mass is 35.5. The first-order valence-corrected chi connectivity index (χ1v) is 6.29. The van der Waals surface area contributed by atoms with E-state index in [4.69, 9.17) is 21.8 Å². The average molecular weight is 284 g/mol. The Hall–Kier alpha value is -1.36. The third-order valence-corrected chi connectivity index (χ3v) is 3.54. The summed E-state index contributed by atoms with van der Waals surface area (Å²) in [6.45, 7) is 1.95. The van der Waals surface area contributed by atoms with Gasteiger partial charge in [0, 0.05) is 23.0 Å². The molecule has 102 valence electrons. The number of nitrogens with two attached hydrogens (primary N) is 1.